The number of carbonyl (C=O) groups excluding carboxylic acids is 1. The van der Waals surface area contributed by atoms with Crippen molar-refractivity contribution < 1.29 is 17.9 Å². The summed E-state index contributed by atoms with van der Waals surface area (Å²) in [7, 11) is -3.75. The average molecular weight is 439 g/mol. The van der Waals surface area contributed by atoms with E-state index in [2.05, 4.69) is 10.0 Å². The first-order valence-corrected chi connectivity index (χ1v) is 11.4. The molecule has 3 rings (SSSR count). The molecular formula is C24H26N2O4S. The van der Waals surface area contributed by atoms with E-state index in [4.69, 9.17) is 4.74 Å². The van der Waals surface area contributed by atoms with Gasteiger partial charge >= 0.3 is 0 Å². The molecule has 3 aromatic carbocycles. The molecule has 0 aliphatic rings. The van der Waals surface area contributed by atoms with Gasteiger partial charge in [0.2, 0.25) is 0 Å². The number of sulfonamides is 1. The first-order valence-electron chi connectivity index (χ1n) is 9.93. The molecule has 2 N–H and O–H groups in total. The third kappa shape index (κ3) is 6.08. The van der Waals surface area contributed by atoms with E-state index in [9.17, 15) is 13.2 Å². The molecule has 0 radical (unpaired) electrons. The average Bonchev–Trinajstić information content (AvgIpc) is 2.75. The molecule has 0 aromatic heterocycles. The number of hydrogen-bond acceptors (Lipinski definition) is 4. The van der Waals surface area contributed by atoms with Gasteiger partial charge in [0.15, 0.2) is 0 Å². The van der Waals surface area contributed by atoms with Crippen molar-refractivity contribution in [3.05, 3.63) is 89.5 Å². The molecule has 1 amide bonds. The van der Waals surface area contributed by atoms with Gasteiger partial charge < -0.3 is 10.1 Å². The van der Waals surface area contributed by atoms with E-state index in [1.54, 1.807) is 43.3 Å². The maximum atomic E-state index is 12.7. The Balaban J connectivity index is 1.66. The summed E-state index contributed by atoms with van der Waals surface area (Å²) in [6.45, 7) is 5.94. The number of hydrogen-bond donors (Lipinski definition) is 2. The van der Waals surface area contributed by atoms with Crippen LogP contribution in [-0.2, 0) is 10.0 Å². The van der Waals surface area contributed by atoms with Gasteiger partial charge in [0.05, 0.1) is 16.6 Å². The van der Waals surface area contributed by atoms with Crippen molar-refractivity contribution in [2.24, 2.45) is 0 Å². The predicted octanol–water partition coefficient (Wildman–Crippen LogP) is 4.30. The van der Waals surface area contributed by atoms with Crippen molar-refractivity contribution in [2.45, 2.75) is 31.7 Å². The van der Waals surface area contributed by atoms with E-state index in [0.717, 1.165) is 11.3 Å². The van der Waals surface area contributed by atoms with Crippen LogP contribution < -0.4 is 14.8 Å². The highest BCUT2D eigenvalue weighted by Crippen LogP contribution is 2.21. The fourth-order valence-electron chi connectivity index (χ4n) is 2.88. The molecule has 31 heavy (non-hydrogen) atoms. The van der Waals surface area contributed by atoms with Gasteiger partial charge in [-0.2, -0.15) is 0 Å². The van der Waals surface area contributed by atoms with E-state index in [1.165, 1.54) is 12.1 Å². The van der Waals surface area contributed by atoms with E-state index in [-0.39, 0.29) is 16.8 Å². The molecule has 0 spiro atoms. The second kappa shape index (κ2) is 9.66. The zero-order chi connectivity index (χ0) is 22.4. The molecule has 0 saturated carbocycles. The lowest BCUT2D eigenvalue weighted by Gasteiger charge is -2.16. The van der Waals surface area contributed by atoms with Gasteiger partial charge in [-0.05, 0) is 62.7 Å². The van der Waals surface area contributed by atoms with Crippen molar-refractivity contribution >= 4 is 21.6 Å². The van der Waals surface area contributed by atoms with E-state index < -0.39 is 10.0 Å². The zero-order valence-electron chi connectivity index (χ0n) is 17.8. The lowest BCUT2D eigenvalue weighted by Crippen LogP contribution is -2.36. The lowest BCUT2D eigenvalue weighted by atomic mass is 10.1. The molecule has 0 aliphatic heterocycles. The summed E-state index contributed by atoms with van der Waals surface area (Å²) in [4.78, 5) is 12.8. The number of carbonyl (C=O) groups is 1. The van der Waals surface area contributed by atoms with Crippen LogP contribution in [0.2, 0.25) is 0 Å². The summed E-state index contributed by atoms with van der Waals surface area (Å²) < 4.78 is 33.5. The van der Waals surface area contributed by atoms with Gasteiger partial charge in [-0.1, -0.05) is 42.0 Å². The van der Waals surface area contributed by atoms with E-state index >= 15 is 0 Å². The minimum Gasteiger partial charge on any atom is -0.491 e. The normalized spacial score (nSPS) is 12.1. The van der Waals surface area contributed by atoms with Crippen LogP contribution in [0.15, 0.2) is 77.7 Å². The first kappa shape index (κ1) is 22.4. The highest BCUT2D eigenvalue weighted by Gasteiger charge is 2.17. The zero-order valence-corrected chi connectivity index (χ0v) is 18.6. The first-order chi connectivity index (χ1) is 14.7. The van der Waals surface area contributed by atoms with Crippen molar-refractivity contribution in [3.63, 3.8) is 0 Å². The van der Waals surface area contributed by atoms with Crippen LogP contribution in [0.1, 0.15) is 28.4 Å². The third-order valence-electron chi connectivity index (χ3n) is 4.70. The Kier molecular flexibility index (Phi) is 6.97. The summed E-state index contributed by atoms with van der Waals surface area (Å²) in [5.41, 5.74) is 2.58. The maximum Gasteiger partial charge on any atom is 0.261 e. The molecular weight excluding hydrogens is 412 g/mol. The Morgan fingerprint density at radius 1 is 0.968 bits per heavy atom. The monoisotopic (exact) mass is 438 g/mol. The molecule has 3 aromatic rings. The highest BCUT2D eigenvalue weighted by molar-refractivity contribution is 7.92. The van der Waals surface area contributed by atoms with Crippen LogP contribution in [0.4, 0.5) is 5.69 Å². The molecule has 1 atom stereocenters. The number of nitrogens with one attached hydrogen (secondary N) is 2. The molecule has 7 heteroatoms. The minimum absolute atomic E-state index is 0.158. The van der Waals surface area contributed by atoms with Crippen molar-refractivity contribution in [1.29, 1.82) is 0 Å². The summed E-state index contributed by atoms with van der Waals surface area (Å²) >= 11 is 0. The Morgan fingerprint density at radius 2 is 1.65 bits per heavy atom. The van der Waals surface area contributed by atoms with Gasteiger partial charge in [0, 0.05) is 5.56 Å². The number of ether oxygens (including phenoxy) is 1. The molecule has 0 fully saturated rings. The molecule has 0 bridgehead atoms. The fraction of sp³-hybridized carbons (Fsp3) is 0.208. The van der Waals surface area contributed by atoms with E-state index in [0.29, 0.717) is 23.4 Å². The molecule has 1 unspecified atom stereocenters. The van der Waals surface area contributed by atoms with Gasteiger partial charge in [-0.3, -0.25) is 9.52 Å². The molecule has 0 heterocycles. The van der Waals surface area contributed by atoms with Crippen LogP contribution in [0.25, 0.3) is 0 Å². The number of aryl methyl sites for hydroxylation is 2. The van der Waals surface area contributed by atoms with Crippen molar-refractivity contribution in [1.82, 2.24) is 5.32 Å². The molecule has 0 saturated heterocycles. The SMILES string of the molecule is Cc1ccc(OCC(C)NC(=O)c2ccc(C)c(NS(=O)(=O)c3ccccc3)c2)cc1. The fourth-order valence-corrected chi connectivity index (χ4v) is 4.02. The quantitative estimate of drug-likeness (QED) is 0.549. The van der Waals surface area contributed by atoms with Crippen molar-refractivity contribution in [3.8, 4) is 5.75 Å². The molecule has 0 aliphatic carbocycles. The standard InChI is InChI=1S/C24H26N2O4S/c1-17-9-13-21(14-10-17)30-16-19(3)25-24(27)20-12-11-18(2)23(15-20)26-31(28,29)22-7-5-4-6-8-22/h4-15,19,26H,16H2,1-3H3,(H,25,27). The molecule has 162 valence electrons. The second-order valence-corrected chi connectivity index (χ2v) is 9.13. The Hall–Kier alpha value is -3.32. The molecule has 6 nitrogen and oxygen atoms in total. The smallest absolute Gasteiger partial charge is 0.261 e. The largest absolute Gasteiger partial charge is 0.491 e. The topological polar surface area (TPSA) is 84.5 Å². The van der Waals surface area contributed by atoms with Gasteiger partial charge in [-0.25, -0.2) is 8.42 Å². The Bertz CT molecular complexity index is 1140. The summed E-state index contributed by atoms with van der Waals surface area (Å²) in [5.74, 6) is 0.430. The van der Waals surface area contributed by atoms with Crippen LogP contribution in [0, 0.1) is 13.8 Å². The summed E-state index contributed by atoms with van der Waals surface area (Å²) in [6, 6.07) is 20.5. The minimum atomic E-state index is -3.75. The van der Waals surface area contributed by atoms with Crippen LogP contribution in [0.3, 0.4) is 0 Å². The van der Waals surface area contributed by atoms with Crippen LogP contribution in [0.5, 0.6) is 5.75 Å². The van der Waals surface area contributed by atoms with Crippen LogP contribution in [-0.4, -0.2) is 27.0 Å². The number of anilines is 1. The van der Waals surface area contributed by atoms with E-state index in [1.807, 2.05) is 38.1 Å². The number of amides is 1. The summed E-state index contributed by atoms with van der Waals surface area (Å²) in [6.07, 6.45) is 0. The Morgan fingerprint density at radius 3 is 2.32 bits per heavy atom. The lowest BCUT2D eigenvalue weighted by molar-refractivity contribution is 0.0926. The highest BCUT2D eigenvalue weighted by atomic mass is 32.2. The third-order valence-corrected chi connectivity index (χ3v) is 6.08. The van der Waals surface area contributed by atoms with Crippen molar-refractivity contribution in [2.75, 3.05) is 11.3 Å². The van der Waals surface area contributed by atoms with Gasteiger partial charge in [0.1, 0.15) is 12.4 Å². The summed E-state index contributed by atoms with van der Waals surface area (Å²) in [5, 5.41) is 2.88. The van der Waals surface area contributed by atoms with Crippen LogP contribution >= 0.6 is 0 Å². The number of rotatable bonds is 8. The second-order valence-electron chi connectivity index (χ2n) is 7.45. The van der Waals surface area contributed by atoms with Gasteiger partial charge in [0.25, 0.3) is 15.9 Å². The number of benzene rings is 3. The maximum absolute atomic E-state index is 12.7. The Labute approximate surface area is 183 Å². The predicted molar refractivity (Wildman–Crippen MR) is 122 cm³/mol. The van der Waals surface area contributed by atoms with Gasteiger partial charge in [-0.15, -0.1) is 0 Å².